The Balaban J connectivity index is 1.93. The van der Waals surface area contributed by atoms with Gasteiger partial charge in [0, 0.05) is 7.05 Å². The van der Waals surface area contributed by atoms with Gasteiger partial charge in [0.25, 0.3) is 11.1 Å². The molecule has 7 heteroatoms. The summed E-state index contributed by atoms with van der Waals surface area (Å²) < 4.78 is 0. The van der Waals surface area contributed by atoms with Crippen LogP contribution in [0.15, 0.2) is 54.6 Å². The highest BCUT2D eigenvalue weighted by atomic mass is 32.2. The van der Waals surface area contributed by atoms with Gasteiger partial charge in [-0.25, -0.2) is 9.69 Å². The van der Waals surface area contributed by atoms with Gasteiger partial charge >= 0.3 is 5.97 Å². The van der Waals surface area contributed by atoms with Crippen LogP contribution in [0.2, 0.25) is 0 Å². The highest BCUT2D eigenvalue weighted by Crippen LogP contribution is 2.35. The zero-order chi connectivity index (χ0) is 17.3. The number of carbonyl (C=O) groups excluding carboxylic acids is 2. The van der Waals surface area contributed by atoms with Crippen LogP contribution < -0.4 is 9.80 Å². The number of hydrogen-bond donors (Lipinski definition) is 1. The molecule has 1 N–H and O–H groups in total. The molecule has 0 saturated carbocycles. The second-order valence-electron chi connectivity index (χ2n) is 5.18. The molecule has 1 fully saturated rings. The molecule has 1 saturated heterocycles. The van der Waals surface area contributed by atoms with Gasteiger partial charge in [-0.1, -0.05) is 30.3 Å². The molecule has 0 bridgehead atoms. The number of anilines is 2. The van der Waals surface area contributed by atoms with Gasteiger partial charge in [0.05, 0.1) is 16.9 Å². The summed E-state index contributed by atoms with van der Waals surface area (Å²) in [6.45, 7) is 0. The van der Waals surface area contributed by atoms with Gasteiger partial charge in [-0.3, -0.25) is 9.59 Å². The fourth-order valence-electron chi connectivity index (χ4n) is 2.54. The van der Waals surface area contributed by atoms with E-state index in [4.69, 9.17) is 0 Å². The number of aromatic carboxylic acids is 1. The highest BCUT2D eigenvalue weighted by Gasteiger charge is 2.43. The Morgan fingerprint density at radius 1 is 1.08 bits per heavy atom. The molecule has 1 aliphatic rings. The number of likely N-dealkylation sites (N-methyl/N-ethyl adjacent to an activating group) is 1. The van der Waals surface area contributed by atoms with Crippen molar-refractivity contribution in [2.45, 2.75) is 5.37 Å². The van der Waals surface area contributed by atoms with Gasteiger partial charge in [-0.2, -0.15) is 0 Å². The molecule has 122 valence electrons. The first-order valence-corrected chi connectivity index (χ1v) is 8.03. The maximum atomic E-state index is 12.7. The zero-order valence-electron chi connectivity index (χ0n) is 12.7. The number of hydrogen-bond acceptors (Lipinski definition) is 5. The molecule has 2 aromatic rings. The molecule has 1 heterocycles. The quantitative estimate of drug-likeness (QED) is 0.920. The van der Waals surface area contributed by atoms with Crippen LogP contribution in [0.5, 0.6) is 0 Å². The second-order valence-corrected chi connectivity index (χ2v) is 6.21. The maximum absolute atomic E-state index is 12.7. The highest BCUT2D eigenvalue weighted by molar-refractivity contribution is 8.16. The fourth-order valence-corrected chi connectivity index (χ4v) is 3.51. The van der Waals surface area contributed by atoms with Crippen LogP contribution in [0.3, 0.4) is 0 Å². The Hall–Kier alpha value is -2.80. The first kappa shape index (κ1) is 16.1. The standard InChI is InChI=1S/C17H14N2O4S/c1-18(13-10-6-5-9-12(13)16(21)22)15-14(20)19(17(23)24-15)11-7-3-2-4-8-11/h2-10,15H,1H3,(H,21,22)/t15-/m0/s1. The lowest BCUT2D eigenvalue weighted by Gasteiger charge is -2.25. The van der Waals surface area contributed by atoms with Gasteiger partial charge in [-0.05, 0) is 36.0 Å². The third kappa shape index (κ3) is 2.74. The fraction of sp³-hybridized carbons (Fsp3) is 0.118. The maximum Gasteiger partial charge on any atom is 0.337 e. The molecule has 2 aromatic carbocycles. The Labute approximate surface area is 142 Å². The summed E-state index contributed by atoms with van der Waals surface area (Å²) in [6, 6.07) is 15.1. The summed E-state index contributed by atoms with van der Waals surface area (Å²) in [5.74, 6) is -1.47. The molecule has 3 rings (SSSR count). The Kier molecular flexibility index (Phi) is 4.26. The van der Waals surface area contributed by atoms with Crippen molar-refractivity contribution in [2.24, 2.45) is 0 Å². The minimum atomic E-state index is -1.08. The van der Waals surface area contributed by atoms with Crippen LogP contribution in [0, 0.1) is 0 Å². The first-order chi connectivity index (χ1) is 11.5. The topological polar surface area (TPSA) is 77.9 Å². The van der Waals surface area contributed by atoms with Crippen LogP contribution in [0.4, 0.5) is 16.2 Å². The molecule has 1 aliphatic heterocycles. The van der Waals surface area contributed by atoms with Gasteiger partial charge in [-0.15, -0.1) is 0 Å². The summed E-state index contributed by atoms with van der Waals surface area (Å²) in [5.41, 5.74) is 0.972. The number of amides is 2. The third-order valence-corrected chi connectivity index (χ3v) is 4.83. The van der Waals surface area contributed by atoms with Crippen LogP contribution in [0.1, 0.15) is 10.4 Å². The van der Waals surface area contributed by atoms with Crippen LogP contribution in [-0.4, -0.2) is 34.6 Å². The van der Waals surface area contributed by atoms with E-state index in [1.807, 2.05) is 0 Å². The third-order valence-electron chi connectivity index (χ3n) is 3.71. The smallest absolute Gasteiger partial charge is 0.337 e. The second kappa shape index (κ2) is 6.37. The van der Waals surface area contributed by atoms with E-state index in [-0.39, 0.29) is 16.7 Å². The number of rotatable bonds is 4. The van der Waals surface area contributed by atoms with Gasteiger partial charge in [0.15, 0.2) is 5.37 Å². The molecule has 24 heavy (non-hydrogen) atoms. The molecular formula is C17H14N2O4S. The van der Waals surface area contributed by atoms with Crippen molar-refractivity contribution in [3.8, 4) is 0 Å². The lowest BCUT2D eigenvalue weighted by atomic mass is 10.1. The summed E-state index contributed by atoms with van der Waals surface area (Å²) in [6.07, 6.45) is 0. The molecule has 1 atom stereocenters. The Morgan fingerprint density at radius 2 is 1.71 bits per heavy atom. The molecule has 2 amide bonds. The summed E-state index contributed by atoms with van der Waals surface area (Å²) in [5, 5.41) is 8.12. The Bertz CT molecular complexity index is 809. The number of carboxylic acids is 1. The van der Waals surface area contributed by atoms with E-state index in [2.05, 4.69) is 0 Å². The van der Waals surface area contributed by atoms with Crippen molar-refractivity contribution in [3.63, 3.8) is 0 Å². The minimum Gasteiger partial charge on any atom is -0.478 e. The van der Waals surface area contributed by atoms with Gasteiger partial charge < -0.3 is 10.0 Å². The van der Waals surface area contributed by atoms with E-state index in [9.17, 15) is 19.5 Å². The summed E-state index contributed by atoms with van der Waals surface area (Å²) >= 11 is 0.870. The molecule has 6 nitrogen and oxygen atoms in total. The van der Waals surface area contributed by atoms with E-state index in [1.54, 1.807) is 55.6 Å². The lowest BCUT2D eigenvalue weighted by Crippen LogP contribution is -2.40. The van der Waals surface area contributed by atoms with Crippen molar-refractivity contribution < 1.29 is 19.5 Å². The minimum absolute atomic E-state index is 0.0824. The van der Waals surface area contributed by atoms with Crippen molar-refractivity contribution in [3.05, 3.63) is 60.2 Å². The molecule has 0 aliphatic carbocycles. The number of carbonyl (C=O) groups is 3. The van der Waals surface area contributed by atoms with E-state index in [0.29, 0.717) is 11.4 Å². The Morgan fingerprint density at radius 3 is 2.38 bits per heavy atom. The predicted octanol–water partition coefficient (Wildman–Crippen LogP) is 3.05. The van der Waals surface area contributed by atoms with E-state index in [0.717, 1.165) is 16.7 Å². The summed E-state index contributed by atoms with van der Waals surface area (Å²) in [7, 11) is 1.61. The van der Waals surface area contributed by atoms with Crippen LogP contribution in [0.25, 0.3) is 0 Å². The van der Waals surface area contributed by atoms with E-state index in [1.165, 1.54) is 11.0 Å². The van der Waals surface area contributed by atoms with Crippen molar-refractivity contribution in [1.29, 1.82) is 0 Å². The van der Waals surface area contributed by atoms with Crippen molar-refractivity contribution in [1.82, 2.24) is 0 Å². The lowest BCUT2D eigenvalue weighted by molar-refractivity contribution is -0.116. The molecule has 0 radical (unpaired) electrons. The van der Waals surface area contributed by atoms with Gasteiger partial charge in [0.1, 0.15) is 0 Å². The monoisotopic (exact) mass is 342 g/mol. The van der Waals surface area contributed by atoms with E-state index >= 15 is 0 Å². The van der Waals surface area contributed by atoms with Crippen molar-refractivity contribution >= 4 is 40.3 Å². The number of carboxylic acid groups (broad SMARTS) is 1. The predicted molar refractivity (Wildman–Crippen MR) is 92.5 cm³/mol. The molecular weight excluding hydrogens is 328 g/mol. The molecule has 0 aromatic heterocycles. The zero-order valence-corrected chi connectivity index (χ0v) is 13.6. The van der Waals surface area contributed by atoms with Crippen LogP contribution in [-0.2, 0) is 4.79 Å². The first-order valence-electron chi connectivity index (χ1n) is 7.15. The number of para-hydroxylation sites is 2. The number of thioether (sulfide) groups is 1. The van der Waals surface area contributed by atoms with Crippen LogP contribution >= 0.6 is 11.8 Å². The summed E-state index contributed by atoms with van der Waals surface area (Å²) in [4.78, 5) is 39.0. The average molecular weight is 342 g/mol. The molecule has 0 unspecified atom stereocenters. The number of nitrogens with zero attached hydrogens (tertiary/aromatic N) is 2. The van der Waals surface area contributed by atoms with Gasteiger partial charge in [0.2, 0.25) is 0 Å². The SMILES string of the molecule is CN(c1ccccc1C(=O)O)[C@H]1SC(=O)N(c2ccccc2)C1=O. The van der Waals surface area contributed by atoms with E-state index < -0.39 is 11.3 Å². The molecule has 0 spiro atoms. The average Bonchev–Trinajstić information content (AvgIpc) is 2.89. The normalized spacial score (nSPS) is 17.2. The van der Waals surface area contributed by atoms with Crippen molar-refractivity contribution in [2.75, 3.05) is 16.8 Å². The largest absolute Gasteiger partial charge is 0.478 e. The number of benzene rings is 2. The number of imide groups is 1.